The van der Waals surface area contributed by atoms with Gasteiger partial charge in [-0.05, 0) is 17.5 Å². The van der Waals surface area contributed by atoms with Gasteiger partial charge in [0.25, 0.3) is 0 Å². The van der Waals surface area contributed by atoms with E-state index in [-0.39, 0.29) is 5.02 Å². The third-order valence-electron chi connectivity index (χ3n) is 2.93. The number of carbonyl (C=O) groups is 1. The Morgan fingerprint density at radius 1 is 1.43 bits per heavy atom. The van der Waals surface area contributed by atoms with Crippen LogP contribution in [-0.4, -0.2) is 25.5 Å². The molecule has 0 bridgehead atoms. The number of sulfonamides is 1. The first-order valence-electron chi connectivity index (χ1n) is 6.13. The molecule has 5 nitrogen and oxygen atoms in total. The Hall–Kier alpha value is -1.18. The predicted molar refractivity (Wildman–Crippen MR) is 77.2 cm³/mol. The fourth-order valence-electron chi connectivity index (χ4n) is 1.64. The topological polar surface area (TPSA) is 83.5 Å². The van der Waals surface area contributed by atoms with Crippen LogP contribution in [0.4, 0.5) is 4.39 Å². The average molecular weight is 338 g/mol. The largest absolute Gasteiger partial charge is 0.481 e. The van der Waals surface area contributed by atoms with E-state index in [1.165, 1.54) is 12.1 Å². The molecule has 1 aromatic carbocycles. The van der Waals surface area contributed by atoms with Gasteiger partial charge in [0.15, 0.2) is 5.82 Å². The standard InChI is InChI=1S/C13H17ClFNO4S/c1-13(2,3)10(7-11(17)18)16-21(19,20)9-6-4-5-8(14)12(9)15/h4-6,10,16H,7H2,1-3H3,(H,17,18). The molecule has 0 aliphatic rings. The number of nitrogens with one attached hydrogen (secondary N) is 1. The van der Waals surface area contributed by atoms with Crippen LogP contribution in [0.15, 0.2) is 23.1 Å². The van der Waals surface area contributed by atoms with Crippen molar-refractivity contribution in [3.05, 3.63) is 29.0 Å². The summed E-state index contributed by atoms with van der Waals surface area (Å²) < 4.78 is 40.6. The molecule has 0 fully saturated rings. The van der Waals surface area contributed by atoms with E-state index in [1.807, 2.05) is 0 Å². The Kier molecular flexibility index (Phi) is 5.35. The van der Waals surface area contributed by atoms with Crippen LogP contribution in [0.3, 0.4) is 0 Å². The second-order valence-electron chi connectivity index (χ2n) is 5.69. The fraction of sp³-hybridized carbons (Fsp3) is 0.462. The van der Waals surface area contributed by atoms with E-state index < -0.39 is 44.6 Å². The second-order valence-corrected chi connectivity index (χ2v) is 7.78. The van der Waals surface area contributed by atoms with Crippen molar-refractivity contribution in [3.8, 4) is 0 Å². The molecule has 0 heterocycles. The van der Waals surface area contributed by atoms with Crippen LogP contribution in [0.2, 0.25) is 5.02 Å². The van der Waals surface area contributed by atoms with Crippen molar-refractivity contribution in [2.24, 2.45) is 5.41 Å². The normalized spacial score (nSPS) is 14.0. The highest BCUT2D eigenvalue weighted by Gasteiger charge is 2.32. The van der Waals surface area contributed by atoms with Crippen molar-refractivity contribution in [1.82, 2.24) is 4.72 Å². The molecule has 0 amide bonds. The summed E-state index contributed by atoms with van der Waals surface area (Å²) in [5.74, 6) is -2.21. The van der Waals surface area contributed by atoms with Gasteiger partial charge < -0.3 is 5.11 Å². The molecule has 0 spiro atoms. The number of carboxylic acids is 1. The van der Waals surface area contributed by atoms with E-state index in [2.05, 4.69) is 4.72 Å². The Bertz CT molecular complexity index is 640. The lowest BCUT2D eigenvalue weighted by molar-refractivity contribution is -0.138. The van der Waals surface area contributed by atoms with Gasteiger partial charge in [0.05, 0.1) is 11.4 Å². The molecule has 8 heteroatoms. The number of aliphatic carboxylic acids is 1. The quantitative estimate of drug-likeness (QED) is 0.865. The number of benzene rings is 1. The van der Waals surface area contributed by atoms with E-state index in [0.717, 1.165) is 6.07 Å². The fourth-order valence-corrected chi connectivity index (χ4v) is 3.41. The summed E-state index contributed by atoms with van der Waals surface area (Å²) >= 11 is 5.57. The molecule has 0 radical (unpaired) electrons. The minimum atomic E-state index is -4.21. The molecule has 118 valence electrons. The van der Waals surface area contributed by atoms with Crippen molar-refractivity contribution in [2.75, 3.05) is 0 Å². The molecular weight excluding hydrogens is 321 g/mol. The van der Waals surface area contributed by atoms with Crippen molar-refractivity contribution in [2.45, 2.75) is 38.1 Å². The molecule has 1 unspecified atom stereocenters. The van der Waals surface area contributed by atoms with Gasteiger partial charge >= 0.3 is 5.97 Å². The lowest BCUT2D eigenvalue weighted by atomic mass is 9.85. The van der Waals surface area contributed by atoms with E-state index in [0.29, 0.717) is 0 Å². The molecule has 0 saturated heterocycles. The van der Waals surface area contributed by atoms with E-state index >= 15 is 0 Å². The number of hydrogen-bond donors (Lipinski definition) is 2. The van der Waals surface area contributed by atoms with E-state index in [4.69, 9.17) is 16.7 Å². The van der Waals surface area contributed by atoms with Crippen molar-refractivity contribution < 1.29 is 22.7 Å². The summed E-state index contributed by atoms with van der Waals surface area (Å²) in [5.41, 5.74) is -0.652. The van der Waals surface area contributed by atoms with Crippen LogP contribution in [0, 0.1) is 11.2 Å². The van der Waals surface area contributed by atoms with Crippen LogP contribution in [0.1, 0.15) is 27.2 Å². The number of carboxylic acid groups (broad SMARTS) is 1. The Balaban J connectivity index is 3.18. The summed E-state index contributed by atoms with van der Waals surface area (Å²) in [6.45, 7) is 5.08. The average Bonchev–Trinajstić information content (AvgIpc) is 2.29. The minimum absolute atomic E-state index is 0.316. The van der Waals surface area contributed by atoms with Crippen molar-refractivity contribution in [3.63, 3.8) is 0 Å². The van der Waals surface area contributed by atoms with Crippen LogP contribution >= 0.6 is 11.6 Å². The van der Waals surface area contributed by atoms with Gasteiger partial charge in [-0.25, -0.2) is 17.5 Å². The first kappa shape index (κ1) is 17.9. The maximum absolute atomic E-state index is 13.8. The van der Waals surface area contributed by atoms with Gasteiger partial charge in [0, 0.05) is 6.04 Å². The number of rotatable bonds is 5. The van der Waals surface area contributed by atoms with Crippen LogP contribution in [0.5, 0.6) is 0 Å². The lowest BCUT2D eigenvalue weighted by Gasteiger charge is -2.30. The van der Waals surface area contributed by atoms with E-state index in [9.17, 15) is 17.6 Å². The third kappa shape index (κ3) is 4.66. The van der Waals surface area contributed by atoms with Gasteiger partial charge in [0.2, 0.25) is 10.0 Å². The maximum atomic E-state index is 13.8. The molecule has 0 aliphatic carbocycles. The molecule has 0 aliphatic heterocycles. The van der Waals surface area contributed by atoms with Crippen molar-refractivity contribution >= 4 is 27.6 Å². The molecule has 1 atom stereocenters. The SMILES string of the molecule is CC(C)(C)C(CC(=O)O)NS(=O)(=O)c1cccc(Cl)c1F. The summed E-state index contributed by atoms with van der Waals surface area (Å²) in [5, 5.41) is 8.57. The minimum Gasteiger partial charge on any atom is -0.481 e. The van der Waals surface area contributed by atoms with Gasteiger partial charge in [0.1, 0.15) is 4.90 Å². The predicted octanol–water partition coefficient (Wildman–Crippen LogP) is 2.65. The second kappa shape index (κ2) is 6.29. The van der Waals surface area contributed by atoms with Crippen molar-refractivity contribution in [1.29, 1.82) is 0 Å². The highest BCUT2D eigenvalue weighted by molar-refractivity contribution is 7.89. The Labute approximate surface area is 128 Å². The Morgan fingerprint density at radius 2 is 2.00 bits per heavy atom. The number of halogens is 2. The molecule has 1 aromatic rings. The Morgan fingerprint density at radius 3 is 2.48 bits per heavy atom. The van der Waals surface area contributed by atoms with E-state index in [1.54, 1.807) is 20.8 Å². The highest BCUT2D eigenvalue weighted by atomic mass is 35.5. The molecule has 0 saturated carbocycles. The number of hydrogen-bond acceptors (Lipinski definition) is 3. The van der Waals surface area contributed by atoms with Crippen LogP contribution in [-0.2, 0) is 14.8 Å². The zero-order valence-electron chi connectivity index (χ0n) is 11.9. The third-order valence-corrected chi connectivity index (χ3v) is 4.71. The summed E-state index contributed by atoms with van der Waals surface area (Å²) in [6, 6.07) is 2.72. The molecule has 2 N–H and O–H groups in total. The van der Waals surface area contributed by atoms with Gasteiger partial charge in [-0.15, -0.1) is 0 Å². The smallest absolute Gasteiger partial charge is 0.304 e. The summed E-state index contributed by atoms with van der Waals surface area (Å²) in [7, 11) is -4.21. The summed E-state index contributed by atoms with van der Waals surface area (Å²) in [4.78, 5) is 10.3. The van der Waals surface area contributed by atoms with Gasteiger partial charge in [-0.3, -0.25) is 4.79 Å². The molecule has 1 rings (SSSR count). The molecule has 21 heavy (non-hydrogen) atoms. The van der Waals surface area contributed by atoms with Gasteiger partial charge in [-0.1, -0.05) is 38.4 Å². The molecule has 0 aromatic heterocycles. The zero-order valence-corrected chi connectivity index (χ0v) is 13.4. The maximum Gasteiger partial charge on any atom is 0.304 e. The molecular formula is C13H17ClFNO4S. The lowest BCUT2D eigenvalue weighted by Crippen LogP contribution is -2.45. The monoisotopic (exact) mass is 337 g/mol. The van der Waals surface area contributed by atoms with Crippen LogP contribution < -0.4 is 4.72 Å². The first-order valence-corrected chi connectivity index (χ1v) is 7.99. The first-order chi connectivity index (χ1) is 9.45. The highest BCUT2D eigenvalue weighted by Crippen LogP contribution is 2.26. The van der Waals surface area contributed by atoms with Gasteiger partial charge in [-0.2, -0.15) is 0 Å². The zero-order chi connectivity index (χ0) is 16.4. The summed E-state index contributed by atoms with van der Waals surface area (Å²) in [6.07, 6.45) is -0.412. The van der Waals surface area contributed by atoms with Crippen LogP contribution in [0.25, 0.3) is 0 Å².